The molecule has 26 heavy (non-hydrogen) atoms. The maximum Gasteiger partial charge on any atom is 0.317 e. The van der Waals surface area contributed by atoms with Crippen molar-refractivity contribution in [1.29, 1.82) is 0 Å². The summed E-state index contributed by atoms with van der Waals surface area (Å²) < 4.78 is 6.05. The minimum absolute atomic E-state index is 0.00137. The average molecular weight is 355 g/mol. The topological polar surface area (TPSA) is 83.1 Å². The molecule has 1 atom stereocenters. The number of hydrogen-bond donors (Lipinski definition) is 2. The third-order valence-corrected chi connectivity index (χ3v) is 5.28. The number of carbonyl (C=O) groups is 1. The Kier molecular flexibility index (Phi) is 4.30. The van der Waals surface area contributed by atoms with Crippen LogP contribution in [0.2, 0.25) is 0 Å². The maximum atomic E-state index is 12.8. The van der Waals surface area contributed by atoms with Gasteiger partial charge >= 0.3 is 6.03 Å². The second kappa shape index (κ2) is 6.63. The number of carbonyl (C=O) groups excluding carboxylic acids is 1. The summed E-state index contributed by atoms with van der Waals surface area (Å²) in [5, 5.41) is 10.1. The largest absolute Gasteiger partial charge is 0.487 e. The molecule has 3 heterocycles. The number of rotatable bonds is 2. The summed E-state index contributed by atoms with van der Waals surface area (Å²) in [6.45, 7) is 5.58. The lowest BCUT2D eigenvalue weighted by Gasteiger charge is -2.39. The number of para-hydroxylation sites is 1. The number of hydrogen-bond acceptors (Lipinski definition) is 4. The van der Waals surface area contributed by atoms with Gasteiger partial charge in [0.05, 0.1) is 6.04 Å². The van der Waals surface area contributed by atoms with Crippen LogP contribution >= 0.6 is 0 Å². The van der Waals surface area contributed by atoms with E-state index in [0.29, 0.717) is 5.92 Å². The van der Waals surface area contributed by atoms with Crippen LogP contribution in [0.1, 0.15) is 56.5 Å². The van der Waals surface area contributed by atoms with E-state index in [-0.39, 0.29) is 17.7 Å². The van der Waals surface area contributed by atoms with Gasteiger partial charge in [0.2, 0.25) is 0 Å². The molecule has 0 spiro atoms. The number of nitrogens with one attached hydrogen (secondary N) is 2. The van der Waals surface area contributed by atoms with Crippen molar-refractivity contribution in [3.05, 3.63) is 42.0 Å². The highest BCUT2D eigenvalue weighted by Gasteiger charge is 2.35. The lowest BCUT2D eigenvalue weighted by atomic mass is 9.89. The molecule has 0 radical (unpaired) electrons. The number of ether oxygens (including phenoxy) is 1. The number of benzene rings is 1. The molecule has 2 amide bonds. The number of piperidine rings is 1. The first kappa shape index (κ1) is 16.9. The number of aromatic amines is 1. The molecular formula is C19H25N5O2. The first-order valence-corrected chi connectivity index (χ1v) is 9.20. The lowest BCUT2D eigenvalue weighted by molar-refractivity contribution is 0.0661. The van der Waals surface area contributed by atoms with E-state index < -0.39 is 0 Å². The number of nitrogens with zero attached hydrogens (tertiary/aromatic N) is 3. The quantitative estimate of drug-likeness (QED) is 0.867. The number of amides is 2. The van der Waals surface area contributed by atoms with Crippen LogP contribution < -0.4 is 10.1 Å². The second-order valence-electron chi connectivity index (χ2n) is 7.74. The molecule has 138 valence electrons. The minimum atomic E-state index is -0.300. The predicted molar refractivity (Wildman–Crippen MR) is 97.0 cm³/mol. The van der Waals surface area contributed by atoms with Gasteiger partial charge in [-0.3, -0.25) is 5.10 Å². The number of urea groups is 1. The summed E-state index contributed by atoms with van der Waals surface area (Å²) in [6.07, 6.45) is 4.10. The molecule has 7 nitrogen and oxygen atoms in total. The van der Waals surface area contributed by atoms with Gasteiger partial charge in [-0.2, -0.15) is 5.10 Å². The van der Waals surface area contributed by atoms with E-state index in [9.17, 15) is 4.79 Å². The van der Waals surface area contributed by atoms with Crippen LogP contribution in [0.3, 0.4) is 0 Å². The highest BCUT2D eigenvalue weighted by atomic mass is 16.5. The Bertz CT molecular complexity index is 766. The average Bonchev–Trinajstić information content (AvgIpc) is 3.15. The van der Waals surface area contributed by atoms with E-state index in [4.69, 9.17) is 4.74 Å². The zero-order valence-electron chi connectivity index (χ0n) is 15.2. The molecule has 2 aromatic rings. The van der Waals surface area contributed by atoms with Crippen molar-refractivity contribution in [2.45, 2.75) is 50.7 Å². The molecule has 2 aliphatic heterocycles. The van der Waals surface area contributed by atoms with Crippen LogP contribution in [0.15, 0.2) is 30.6 Å². The third-order valence-electron chi connectivity index (χ3n) is 5.28. The van der Waals surface area contributed by atoms with Crippen molar-refractivity contribution in [2.75, 3.05) is 13.1 Å². The van der Waals surface area contributed by atoms with Crippen molar-refractivity contribution < 1.29 is 9.53 Å². The third kappa shape index (κ3) is 3.38. The first-order valence-electron chi connectivity index (χ1n) is 9.20. The molecule has 4 rings (SSSR count). The molecule has 0 aliphatic carbocycles. The SMILES string of the molecule is CC1(C)C[C@@H](NC(=O)N2CCC(c3ncn[nH]3)CC2)c2ccccc2O1. The van der Waals surface area contributed by atoms with E-state index in [1.54, 1.807) is 6.33 Å². The summed E-state index contributed by atoms with van der Waals surface area (Å²) in [5.41, 5.74) is 0.753. The Labute approximate surface area is 153 Å². The molecule has 7 heteroatoms. The summed E-state index contributed by atoms with van der Waals surface area (Å²) >= 11 is 0. The molecule has 1 saturated heterocycles. The monoisotopic (exact) mass is 355 g/mol. The first-order chi connectivity index (χ1) is 12.5. The molecule has 2 aliphatic rings. The highest BCUT2D eigenvalue weighted by molar-refractivity contribution is 5.75. The molecular weight excluding hydrogens is 330 g/mol. The number of H-pyrrole nitrogens is 1. The van der Waals surface area contributed by atoms with Gasteiger partial charge in [-0.1, -0.05) is 18.2 Å². The predicted octanol–water partition coefficient (Wildman–Crippen LogP) is 3.00. The van der Waals surface area contributed by atoms with Gasteiger partial charge in [-0.05, 0) is 32.8 Å². The van der Waals surface area contributed by atoms with Gasteiger partial charge < -0.3 is 15.0 Å². The fourth-order valence-electron chi connectivity index (χ4n) is 3.94. The number of likely N-dealkylation sites (tertiary alicyclic amines) is 1. The standard InChI is InChI=1S/C19H25N5O2/c1-19(2)11-15(14-5-3-4-6-16(14)26-19)22-18(25)24-9-7-13(8-10-24)17-20-12-21-23-17/h3-6,12-13,15H,7-11H2,1-2H3,(H,22,25)(H,20,21,23)/t15-/m1/s1. The molecule has 0 bridgehead atoms. The Balaban J connectivity index is 1.41. The minimum Gasteiger partial charge on any atom is -0.487 e. The molecule has 1 aromatic heterocycles. The van der Waals surface area contributed by atoms with Crippen molar-refractivity contribution in [3.63, 3.8) is 0 Å². The summed E-state index contributed by atoms with van der Waals surface area (Å²) in [4.78, 5) is 19.0. The Hall–Kier alpha value is -2.57. The zero-order valence-corrected chi connectivity index (χ0v) is 15.2. The van der Waals surface area contributed by atoms with Gasteiger partial charge in [0, 0.05) is 31.0 Å². The van der Waals surface area contributed by atoms with E-state index in [0.717, 1.165) is 49.5 Å². The smallest absolute Gasteiger partial charge is 0.317 e. The molecule has 0 saturated carbocycles. The number of aromatic nitrogens is 3. The van der Waals surface area contributed by atoms with Crippen molar-refractivity contribution >= 4 is 6.03 Å². The van der Waals surface area contributed by atoms with E-state index in [1.807, 2.05) is 29.2 Å². The number of fused-ring (bicyclic) bond motifs is 1. The molecule has 0 unspecified atom stereocenters. The van der Waals surface area contributed by atoms with Gasteiger partial charge in [0.25, 0.3) is 0 Å². The Morgan fingerprint density at radius 2 is 2.08 bits per heavy atom. The van der Waals surface area contributed by atoms with Crippen LogP contribution in [0.5, 0.6) is 5.75 Å². The van der Waals surface area contributed by atoms with E-state index in [2.05, 4.69) is 34.3 Å². The second-order valence-corrected chi connectivity index (χ2v) is 7.74. The summed E-state index contributed by atoms with van der Waals surface area (Å²) in [7, 11) is 0. The van der Waals surface area contributed by atoms with Gasteiger partial charge in [0.15, 0.2) is 0 Å². The van der Waals surface area contributed by atoms with Crippen LogP contribution in [-0.4, -0.2) is 44.8 Å². The van der Waals surface area contributed by atoms with Crippen molar-refractivity contribution in [1.82, 2.24) is 25.4 Å². The molecule has 2 N–H and O–H groups in total. The maximum absolute atomic E-state index is 12.8. The van der Waals surface area contributed by atoms with Crippen LogP contribution in [0.4, 0.5) is 4.79 Å². The highest BCUT2D eigenvalue weighted by Crippen LogP contribution is 2.39. The Morgan fingerprint density at radius 1 is 1.31 bits per heavy atom. The normalized spacial score (nSPS) is 22.4. The fourth-order valence-corrected chi connectivity index (χ4v) is 3.94. The van der Waals surface area contributed by atoms with Crippen molar-refractivity contribution in [2.24, 2.45) is 0 Å². The van der Waals surface area contributed by atoms with E-state index >= 15 is 0 Å². The van der Waals surface area contributed by atoms with Crippen molar-refractivity contribution in [3.8, 4) is 5.75 Å². The van der Waals surface area contributed by atoms with E-state index in [1.165, 1.54) is 0 Å². The Morgan fingerprint density at radius 3 is 2.81 bits per heavy atom. The van der Waals surface area contributed by atoms with Gasteiger partial charge in [-0.15, -0.1) is 0 Å². The van der Waals surface area contributed by atoms with Crippen LogP contribution in [-0.2, 0) is 0 Å². The molecule has 1 fully saturated rings. The summed E-state index contributed by atoms with van der Waals surface area (Å²) in [6, 6.07) is 7.92. The van der Waals surface area contributed by atoms with Gasteiger partial charge in [-0.25, -0.2) is 9.78 Å². The summed E-state index contributed by atoms with van der Waals surface area (Å²) in [5.74, 6) is 2.13. The van der Waals surface area contributed by atoms with Gasteiger partial charge in [0.1, 0.15) is 23.5 Å². The van der Waals surface area contributed by atoms with Crippen LogP contribution in [0, 0.1) is 0 Å². The van der Waals surface area contributed by atoms with Crippen LogP contribution in [0.25, 0.3) is 0 Å². The lowest BCUT2D eigenvalue weighted by Crippen LogP contribution is -2.48. The zero-order chi connectivity index (χ0) is 18.1. The fraction of sp³-hybridized carbons (Fsp3) is 0.526. The molecule has 1 aromatic carbocycles.